The Morgan fingerprint density at radius 1 is 1.14 bits per heavy atom. The summed E-state index contributed by atoms with van der Waals surface area (Å²) in [6.45, 7) is 2.60. The molecule has 6 rings (SSSR count). The van der Waals surface area contributed by atoms with Crippen LogP contribution in [0.25, 0.3) is 16.8 Å². The van der Waals surface area contributed by atoms with Crippen LogP contribution in [-0.4, -0.2) is 58.8 Å². The molecule has 0 unspecified atom stereocenters. The van der Waals surface area contributed by atoms with Gasteiger partial charge in [0.15, 0.2) is 9.84 Å². The monoisotopic (exact) mass is 621 g/mol. The van der Waals surface area contributed by atoms with Gasteiger partial charge in [-0.25, -0.2) is 22.2 Å². The number of imidazole rings is 1. The summed E-state index contributed by atoms with van der Waals surface area (Å²) in [6.07, 6.45) is 7.97. The number of hydrogen-bond acceptors (Lipinski definition) is 9. The first-order valence-electron chi connectivity index (χ1n) is 14.5. The predicted molar refractivity (Wildman–Crippen MR) is 161 cm³/mol. The molecule has 3 N–H and O–H groups in total. The van der Waals surface area contributed by atoms with Crippen LogP contribution in [0.15, 0.2) is 48.9 Å². The summed E-state index contributed by atoms with van der Waals surface area (Å²) >= 11 is 0. The highest BCUT2D eigenvalue weighted by Crippen LogP contribution is 2.41. The molecule has 0 bridgehead atoms. The minimum absolute atomic E-state index is 0.0209. The topological polar surface area (TPSA) is 148 Å². The third kappa shape index (κ3) is 5.42. The molecule has 230 valence electrons. The molecule has 0 spiro atoms. The number of benzene rings is 1. The molecule has 13 heteroatoms. The van der Waals surface area contributed by atoms with Crippen LogP contribution in [0.2, 0.25) is 0 Å². The molecule has 1 saturated carbocycles. The first-order valence-corrected chi connectivity index (χ1v) is 16.5. The van der Waals surface area contributed by atoms with Gasteiger partial charge in [0, 0.05) is 31.7 Å². The second kappa shape index (κ2) is 11.5. The van der Waals surface area contributed by atoms with Gasteiger partial charge in [0.2, 0.25) is 5.95 Å². The van der Waals surface area contributed by atoms with Gasteiger partial charge in [-0.15, -0.1) is 0 Å². The Labute approximate surface area is 254 Å². The van der Waals surface area contributed by atoms with E-state index in [-0.39, 0.29) is 28.7 Å². The zero-order chi connectivity index (χ0) is 31.2. The lowest BCUT2D eigenvalue weighted by molar-refractivity contribution is 0.0674. The lowest BCUT2D eigenvalue weighted by atomic mass is 9.75. The number of rotatable bonds is 6. The maximum Gasteiger partial charge on any atom is 0.229 e. The number of nitriles is 1. The number of ether oxygens (including phenoxy) is 1. The largest absolute Gasteiger partial charge is 0.381 e. The molecular formula is C31H33F2N7O3S. The minimum Gasteiger partial charge on any atom is -0.381 e. The Balaban J connectivity index is 1.32. The third-order valence-electron chi connectivity index (χ3n) is 9.03. The van der Waals surface area contributed by atoms with E-state index < -0.39 is 38.2 Å². The van der Waals surface area contributed by atoms with Crippen molar-refractivity contribution in [3.63, 3.8) is 0 Å². The Kier molecular flexibility index (Phi) is 7.85. The van der Waals surface area contributed by atoms with E-state index in [0.717, 1.165) is 5.56 Å². The predicted octanol–water partition coefficient (Wildman–Crippen LogP) is 4.64. The normalized spacial score (nSPS) is 23.7. The average Bonchev–Trinajstić information content (AvgIpc) is 3.38. The van der Waals surface area contributed by atoms with E-state index in [1.165, 1.54) is 29.0 Å². The molecule has 1 aromatic carbocycles. The van der Waals surface area contributed by atoms with Gasteiger partial charge in [0.25, 0.3) is 0 Å². The number of nitrogens with two attached hydrogens (primary N) is 1. The van der Waals surface area contributed by atoms with Gasteiger partial charge < -0.3 is 15.8 Å². The Morgan fingerprint density at radius 3 is 2.52 bits per heavy atom. The molecule has 10 nitrogen and oxygen atoms in total. The van der Waals surface area contributed by atoms with Crippen molar-refractivity contribution in [3.05, 3.63) is 71.7 Å². The van der Waals surface area contributed by atoms with Crippen molar-refractivity contribution < 1.29 is 21.9 Å². The fourth-order valence-corrected chi connectivity index (χ4v) is 8.63. The summed E-state index contributed by atoms with van der Waals surface area (Å²) in [5.74, 6) is -1.48. The summed E-state index contributed by atoms with van der Waals surface area (Å²) in [4.78, 5) is 8.71. The molecule has 44 heavy (non-hydrogen) atoms. The number of pyridine rings is 1. The number of halogens is 2. The Bertz CT molecular complexity index is 1830. The molecular weight excluding hydrogens is 588 g/mol. The van der Waals surface area contributed by atoms with Crippen LogP contribution < -0.4 is 11.1 Å². The lowest BCUT2D eigenvalue weighted by Crippen LogP contribution is -2.48. The van der Waals surface area contributed by atoms with Crippen molar-refractivity contribution in [1.29, 1.82) is 5.26 Å². The van der Waals surface area contributed by atoms with E-state index in [4.69, 9.17) is 10.5 Å². The van der Waals surface area contributed by atoms with E-state index in [0.29, 0.717) is 56.0 Å². The summed E-state index contributed by atoms with van der Waals surface area (Å²) in [6, 6.07) is 9.25. The van der Waals surface area contributed by atoms with Crippen molar-refractivity contribution in [1.82, 2.24) is 19.6 Å². The quantitative estimate of drug-likeness (QED) is 0.314. The molecule has 4 heterocycles. The molecule has 0 amide bonds. The van der Waals surface area contributed by atoms with Crippen LogP contribution in [0.4, 0.5) is 20.4 Å². The molecule has 1 aliphatic heterocycles. The lowest BCUT2D eigenvalue weighted by Gasteiger charge is -2.38. The van der Waals surface area contributed by atoms with Crippen LogP contribution in [0, 0.1) is 28.9 Å². The maximum absolute atomic E-state index is 15.5. The summed E-state index contributed by atoms with van der Waals surface area (Å²) in [5, 5.41) is 17.1. The Hall–Kier alpha value is -3.99. The Morgan fingerprint density at radius 2 is 1.86 bits per heavy atom. The third-order valence-corrected chi connectivity index (χ3v) is 10.8. The smallest absolute Gasteiger partial charge is 0.229 e. The molecule has 4 atom stereocenters. The van der Waals surface area contributed by atoms with Crippen LogP contribution >= 0.6 is 0 Å². The molecule has 1 saturated heterocycles. The van der Waals surface area contributed by atoms with Gasteiger partial charge in [-0.1, -0.05) is 6.92 Å². The van der Waals surface area contributed by atoms with Gasteiger partial charge >= 0.3 is 0 Å². The van der Waals surface area contributed by atoms with E-state index in [1.54, 1.807) is 24.7 Å². The molecule has 1 aliphatic carbocycles. The zero-order valence-electron chi connectivity index (χ0n) is 24.4. The van der Waals surface area contributed by atoms with Gasteiger partial charge in [-0.05, 0) is 79.0 Å². The van der Waals surface area contributed by atoms with Gasteiger partial charge in [-0.3, -0.25) is 4.98 Å². The van der Waals surface area contributed by atoms with Crippen molar-refractivity contribution in [2.24, 2.45) is 11.7 Å². The van der Waals surface area contributed by atoms with Gasteiger partial charge in [-0.2, -0.15) is 14.9 Å². The van der Waals surface area contributed by atoms with Crippen LogP contribution in [0.3, 0.4) is 0 Å². The average molecular weight is 622 g/mol. The van der Waals surface area contributed by atoms with Crippen LogP contribution in [0.1, 0.15) is 49.7 Å². The fraction of sp³-hybridized carbons (Fsp3) is 0.419. The highest BCUT2D eigenvalue weighted by molar-refractivity contribution is 7.91. The maximum atomic E-state index is 15.5. The molecule has 3 aromatic heterocycles. The highest BCUT2D eigenvalue weighted by Gasteiger charge is 2.41. The number of fused-ring (bicyclic) bond motifs is 1. The molecule has 4 aromatic rings. The van der Waals surface area contributed by atoms with E-state index in [1.807, 2.05) is 13.0 Å². The van der Waals surface area contributed by atoms with Crippen molar-refractivity contribution in [2.75, 3.05) is 24.8 Å². The van der Waals surface area contributed by atoms with Crippen molar-refractivity contribution in [3.8, 4) is 17.3 Å². The van der Waals surface area contributed by atoms with Crippen molar-refractivity contribution in [2.45, 2.75) is 55.2 Å². The fourth-order valence-electron chi connectivity index (χ4n) is 6.92. The molecule has 2 fully saturated rings. The number of sulfone groups is 1. The van der Waals surface area contributed by atoms with Gasteiger partial charge in [0.05, 0.1) is 51.6 Å². The number of nitrogens with one attached hydrogen (secondary N) is 1. The van der Waals surface area contributed by atoms with E-state index in [9.17, 15) is 13.7 Å². The SMILES string of the molecule is C[C@H]1C[C@@H](c2ccncc2Nc2ncc3ccc(-c4c(F)cc(C5(C#N)CCOCC5)cc4F)nn23)C[C@@H](N)[C@@H]1S(C)(=O)=O. The van der Waals surface area contributed by atoms with E-state index >= 15 is 8.78 Å². The number of anilines is 2. The first kappa shape index (κ1) is 30.1. The zero-order valence-corrected chi connectivity index (χ0v) is 25.2. The van der Waals surface area contributed by atoms with Crippen LogP contribution in [-0.2, 0) is 20.0 Å². The number of hydrogen-bond donors (Lipinski definition) is 2. The highest BCUT2D eigenvalue weighted by atomic mass is 32.2. The van der Waals surface area contributed by atoms with Crippen molar-refractivity contribution >= 4 is 27.0 Å². The standard InChI is InChI=1S/C31H33F2N7O3S/c1-18-11-19(12-25(35)29(18)44(2,41)42)22-5-8-36-16-27(22)38-30-37-15-21-3-4-26(39-40(21)30)28-23(32)13-20(14-24(28)33)31(17-34)6-9-43-10-7-31/h3-5,8,13-16,18-19,25,29H,6-7,9-12,35H2,1-2H3,(H,37,38)/t18-,19+,25+,29+/m0/s1. The van der Waals surface area contributed by atoms with Crippen LogP contribution in [0.5, 0.6) is 0 Å². The van der Waals surface area contributed by atoms with E-state index in [2.05, 4.69) is 26.5 Å². The molecule has 2 aliphatic rings. The summed E-state index contributed by atoms with van der Waals surface area (Å²) < 4.78 is 62.6. The second-order valence-electron chi connectivity index (χ2n) is 11.9. The van der Waals surface area contributed by atoms with Gasteiger partial charge in [0.1, 0.15) is 11.6 Å². The number of nitrogens with zero attached hydrogens (tertiary/aromatic N) is 5. The summed E-state index contributed by atoms with van der Waals surface area (Å²) in [5.41, 5.74) is 7.57. The number of aromatic nitrogens is 4. The minimum atomic E-state index is -3.30. The summed E-state index contributed by atoms with van der Waals surface area (Å²) in [7, 11) is -3.30. The molecule has 0 radical (unpaired) electrons. The second-order valence-corrected chi connectivity index (χ2v) is 14.2. The first-order chi connectivity index (χ1) is 21.0.